The lowest BCUT2D eigenvalue weighted by Crippen LogP contribution is -2.55. The molecule has 10 aromatic rings. The first-order valence-corrected chi connectivity index (χ1v) is 17.7. The second-order valence-electron chi connectivity index (χ2n) is 13.5. The molecule has 0 N–H and O–H groups in total. The third kappa shape index (κ3) is 5.27. The highest BCUT2D eigenvalue weighted by Crippen LogP contribution is 2.40. The minimum absolute atomic E-state index is 0.115. The molecular weight excluding hydrogens is 667 g/mol. The molecule has 0 atom stereocenters. The molecule has 0 bridgehead atoms. The molecule has 7 aromatic carbocycles. The Hall–Kier alpha value is -6.53. The van der Waals surface area contributed by atoms with Crippen LogP contribution in [-0.2, 0) is 0 Å². The molecule has 10 heteroatoms. The van der Waals surface area contributed by atoms with Gasteiger partial charge in [-0.15, -0.1) is 16.4 Å². The molecule has 3 heterocycles. The van der Waals surface area contributed by atoms with E-state index in [2.05, 4.69) is 89.5 Å². The van der Waals surface area contributed by atoms with Crippen LogP contribution >= 0.6 is 0 Å². The summed E-state index contributed by atoms with van der Waals surface area (Å²) in [5.41, 5.74) is 9.28. The fourth-order valence-corrected chi connectivity index (χ4v) is 7.56. The number of aromatic nitrogens is 4. The lowest BCUT2D eigenvalue weighted by atomic mass is 9.60. The summed E-state index contributed by atoms with van der Waals surface area (Å²) in [4.78, 5) is 14.6. The van der Waals surface area contributed by atoms with E-state index in [4.69, 9.17) is 58.6 Å². The van der Waals surface area contributed by atoms with E-state index in [9.17, 15) is 0 Å². The van der Waals surface area contributed by atoms with Gasteiger partial charge in [0.2, 0.25) is 0 Å². The molecule has 0 saturated carbocycles. The normalized spacial score (nSPS) is 11.6. The smallest absolute Gasteiger partial charge is 0.164 e. The Balaban J connectivity index is 1.16. The van der Waals surface area contributed by atoms with Crippen LogP contribution in [-0.4, -0.2) is 58.8 Å². The fourth-order valence-electron chi connectivity index (χ4n) is 7.56. The molecule has 0 aliphatic carbocycles. The van der Waals surface area contributed by atoms with E-state index >= 15 is 0 Å². The standard InChI is InChI=1S/C45H23B5N4O/c46-37-36(38(47)40(49)41(50)39(37)48)45-52-43(25-12-5-2-6-13-25)51-44(53-45)27-18-20-29-30-15-9-17-34(42(30)55-35(29)23-27)54-32-16-8-7-14-28(32)31-22-26(19-21-33(31)54)24-10-3-1-4-11-24/h1-23H. The highest BCUT2D eigenvalue weighted by Gasteiger charge is 2.21. The van der Waals surface area contributed by atoms with Gasteiger partial charge in [0.05, 0.1) is 16.7 Å². The number of furan rings is 1. The van der Waals surface area contributed by atoms with Crippen molar-refractivity contribution in [3.63, 3.8) is 0 Å². The second-order valence-corrected chi connectivity index (χ2v) is 13.5. The second kappa shape index (κ2) is 12.8. The molecule has 0 unspecified atom stereocenters. The summed E-state index contributed by atoms with van der Waals surface area (Å²) >= 11 is 0. The maximum atomic E-state index is 6.79. The summed E-state index contributed by atoms with van der Waals surface area (Å²) < 4.78 is 9.08. The molecule has 244 valence electrons. The van der Waals surface area contributed by atoms with Crippen LogP contribution in [0.5, 0.6) is 0 Å². The van der Waals surface area contributed by atoms with Crippen LogP contribution in [0.15, 0.2) is 144 Å². The topological polar surface area (TPSA) is 56.7 Å². The van der Waals surface area contributed by atoms with Crippen LogP contribution in [0, 0.1) is 0 Å². The van der Waals surface area contributed by atoms with Crippen LogP contribution in [0.2, 0.25) is 0 Å². The van der Waals surface area contributed by atoms with Crippen LogP contribution in [0.25, 0.3) is 94.7 Å². The lowest BCUT2D eigenvalue weighted by molar-refractivity contribution is 0.666. The van der Waals surface area contributed by atoms with E-state index in [0.717, 1.165) is 55.0 Å². The van der Waals surface area contributed by atoms with Crippen molar-refractivity contribution in [2.75, 3.05) is 0 Å². The molecule has 0 aliphatic rings. The third-order valence-corrected chi connectivity index (χ3v) is 10.3. The predicted molar refractivity (Wildman–Crippen MR) is 230 cm³/mol. The van der Waals surface area contributed by atoms with E-state index in [-0.39, 0.29) is 33.1 Å². The molecule has 10 rings (SSSR count). The molecule has 0 amide bonds. The predicted octanol–water partition coefficient (Wildman–Crippen LogP) is 5.51. The Bertz CT molecular complexity index is 3130. The zero-order chi connectivity index (χ0) is 37.4. The molecule has 10 radical (unpaired) electrons. The highest BCUT2D eigenvalue weighted by molar-refractivity contribution is 6.68. The van der Waals surface area contributed by atoms with Crippen molar-refractivity contribution in [2.45, 2.75) is 0 Å². The highest BCUT2D eigenvalue weighted by atomic mass is 16.3. The summed E-state index contributed by atoms with van der Waals surface area (Å²) in [7, 11) is 31.6. The maximum Gasteiger partial charge on any atom is 0.164 e. The van der Waals surface area contributed by atoms with Crippen molar-refractivity contribution in [1.29, 1.82) is 0 Å². The average Bonchev–Trinajstić information content (AvgIpc) is 3.78. The van der Waals surface area contributed by atoms with Gasteiger partial charge in [-0.1, -0.05) is 114 Å². The molecule has 5 nitrogen and oxygen atoms in total. The summed E-state index contributed by atoms with van der Waals surface area (Å²) in [5.74, 6) is 1.02. The first kappa shape index (κ1) is 33.1. The SMILES string of the molecule is [B]c1c([B])c([B])c(-c2nc(-c3ccccc3)nc(-c3ccc4c(c3)oc3c(-n5c6ccccc6c6cc(-c7ccccc7)ccc65)cccc34)n2)c([B])c1[B]. The number of fused-ring (bicyclic) bond motifs is 6. The van der Waals surface area contributed by atoms with E-state index in [1.54, 1.807) is 0 Å². The van der Waals surface area contributed by atoms with Crippen molar-refractivity contribution in [1.82, 2.24) is 19.5 Å². The van der Waals surface area contributed by atoms with Crippen LogP contribution in [0.4, 0.5) is 0 Å². The van der Waals surface area contributed by atoms with Gasteiger partial charge in [-0.2, -0.15) is 0 Å². The van der Waals surface area contributed by atoms with Gasteiger partial charge in [-0.05, 0) is 47.5 Å². The third-order valence-electron chi connectivity index (χ3n) is 10.3. The molecule has 0 aliphatic heterocycles. The van der Waals surface area contributed by atoms with Gasteiger partial charge in [-0.25, -0.2) is 15.0 Å². The van der Waals surface area contributed by atoms with Gasteiger partial charge < -0.3 is 8.98 Å². The molecule has 0 fully saturated rings. The Morgan fingerprint density at radius 3 is 1.73 bits per heavy atom. The maximum absolute atomic E-state index is 6.79. The van der Waals surface area contributed by atoms with Crippen molar-refractivity contribution >= 4 is 110 Å². The Kier molecular flexibility index (Phi) is 7.70. The summed E-state index contributed by atoms with van der Waals surface area (Å²) in [6.07, 6.45) is 0. The van der Waals surface area contributed by atoms with Crippen molar-refractivity contribution in [3.05, 3.63) is 140 Å². The lowest BCUT2D eigenvalue weighted by Gasteiger charge is -2.20. The molecule has 3 aromatic heterocycles. The largest absolute Gasteiger partial charge is 0.454 e. The molecular formula is C45H23B5N4O. The van der Waals surface area contributed by atoms with Gasteiger partial charge in [0.25, 0.3) is 0 Å². The molecule has 0 saturated heterocycles. The number of benzene rings is 7. The number of hydrogen-bond donors (Lipinski definition) is 0. The minimum atomic E-state index is 0.115. The van der Waals surface area contributed by atoms with Crippen LogP contribution < -0.4 is 27.3 Å². The fraction of sp³-hybridized carbons (Fsp3) is 0. The van der Waals surface area contributed by atoms with E-state index in [1.807, 2.05) is 54.6 Å². The van der Waals surface area contributed by atoms with Gasteiger partial charge in [-0.3, -0.25) is 0 Å². The van der Waals surface area contributed by atoms with Gasteiger partial charge in [0.15, 0.2) is 23.1 Å². The van der Waals surface area contributed by atoms with Gasteiger partial charge in [0.1, 0.15) is 44.8 Å². The van der Waals surface area contributed by atoms with E-state index < -0.39 is 0 Å². The quantitative estimate of drug-likeness (QED) is 0.224. The first-order valence-electron chi connectivity index (χ1n) is 17.7. The van der Waals surface area contributed by atoms with E-state index in [0.29, 0.717) is 28.4 Å². The van der Waals surface area contributed by atoms with Gasteiger partial charge in [0, 0.05) is 38.2 Å². The van der Waals surface area contributed by atoms with E-state index in [1.165, 1.54) is 5.56 Å². The summed E-state index contributed by atoms with van der Waals surface area (Å²) in [5, 5.41) is 4.27. The molecule has 55 heavy (non-hydrogen) atoms. The van der Waals surface area contributed by atoms with Gasteiger partial charge >= 0.3 is 0 Å². The minimum Gasteiger partial charge on any atom is -0.454 e. The number of nitrogens with zero attached hydrogens (tertiary/aromatic N) is 4. The Morgan fingerprint density at radius 2 is 0.982 bits per heavy atom. The summed E-state index contributed by atoms with van der Waals surface area (Å²) in [6.45, 7) is 0. The molecule has 0 spiro atoms. The Morgan fingerprint density at radius 1 is 0.400 bits per heavy atom. The number of hydrogen-bond acceptors (Lipinski definition) is 4. The Labute approximate surface area is 323 Å². The number of para-hydroxylation sites is 2. The van der Waals surface area contributed by atoms with Crippen molar-refractivity contribution < 1.29 is 4.42 Å². The zero-order valence-corrected chi connectivity index (χ0v) is 29.4. The van der Waals surface area contributed by atoms with Crippen LogP contribution in [0.3, 0.4) is 0 Å². The van der Waals surface area contributed by atoms with Crippen molar-refractivity contribution in [2.24, 2.45) is 0 Å². The van der Waals surface area contributed by atoms with Crippen molar-refractivity contribution in [3.8, 4) is 51.0 Å². The van der Waals surface area contributed by atoms with Crippen LogP contribution in [0.1, 0.15) is 0 Å². The average molecular weight is 690 g/mol. The summed E-state index contributed by atoms with van der Waals surface area (Å²) in [6, 6.07) is 47.4. The zero-order valence-electron chi connectivity index (χ0n) is 29.4. The monoisotopic (exact) mass is 690 g/mol. The first-order chi connectivity index (χ1) is 26.9. The number of rotatable bonds is 5.